The first-order valence-corrected chi connectivity index (χ1v) is 7.02. The van der Waals surface area contributed by atoms with Gasteiger partial charge in [-0.25, -0.2) is 0 Å². The van der Waals surface area contributed by atoms with Gasteiger partial charge in [0.05, 0.1) is 0 Å². The molecular formula is C15H23N3O2. The van der Waals surface area contributed by atoms with Gasteiger partial charge in [0, 0.05) is 31.9 Å². The van der Waals surface area contributed by atoms with Crippen molar-refractivity contribution in [1.29, 1.82) is 0 Å². The summed E-state index contributed by atoms with van der Waals surface area (Å²) in [5.74, 6) is 0.866. The molecule has 0 saturated carbocycles. The fourth-order valence-electron chi connectivity index (χ4n) is 2.69. The third-order valence-electron chi connectivity index (χ3n) is 3.75. The fraction of sp³-hybridized carbons (Fsp3) is 0.533. The highest BCUT2D eigenvalue weighted by atomic mass is 16.5. The third-order valence-corrected chi connectivity index (χ3v) is 3.75. The lowest BCUT2D eigenvalue weighted by Crippen LogP contribution is -2.30. The summed E-state index contributed by atoms with van der Waals surface area (Å²) in [4.78, 5) is 2.29. The SMILES string of the molecule is CN(Cc1ccccc1C(N)=NO)CC1CCOCC1. The molecule has 20 heavy (non-hydrogen) atoms. The molecule has 0 atom stereocenters. The van der Waals surface area contributed by atoms with Crippen LogP contribution in [-0.2, 0) is 11.3 Å². The highest BCUT2D eigenvalue weighted by Gasteiger charge is 2.16. The van der Waals surface area contributed by atoms with Crippen molar-refractivity contribution < 1.29 is 9.94 Å². The molecule has 0 radical (unpaired) electrons. The Balaban J connectivity index is 1.98. The minimum Gasteiger partial charge on any atom is -0.409 e. The lowest BCUT2D eigenvalue weighted by atomic mass is 9.99. The Morgan fingerprint density at radius 1 is 1.40 bits per heavy atom. The first kappa shape index (κ1) is 14.8. The molecule has 1 fully saturated rings. The van der Waals surface area contributed by atoms with Crippen LogP contribution in [0.25, 0.3) is 0 Å². The van der Waals surface area contributed by atoms with Crippen LogP contribution in [-0.4, -0.2) is 42.7 Å². The van der Waals surface area contributed by atoms with Crippen LogP contribution in [0, 0.1) is 5.92 Å². The summed E-state index contributed by atoms with van der Waals surface area (Å²) in [6.07, 6.45) is 2.26. The average Bonchev–Trinajstić information content (AvgIpc) is 2.48. The number of ether oxygens (including phenoxy) is 1. The van der Waals surface area contributed by atoms with Crippen LogP contribution >= 0.6 is 0 Å². The lowest BCUT2D eigenvalue weighted by molar-refractivity contribution is 0.0549. The zero-order chi connectivity index (χ0) is 14.4. The minimum absolute atomic E-state index is 0.167. The minimum atomic E-state index is 0.167. The summed E-state index contributed by atoms with van der Waals surface area (Å²) < 4.78 is 5.39. The molecule has 3 N–H and O–H groups in total. The van der Waals surface area contributed by atoms with Gasteiger partial charge in [0.25, 0.3) is 0 Å². The van der Waals surface area contributed by atoms with Crippen molar-refractivity contribution in [1.82, 2.24) is 4.90 Å². The number of hydrogen-bond donors (Lipinski definition) is 2. The quantitative estimate of drug-likeness (QED) is 0.371. The Bertz CT molecular complexity index is 456. The van der Waals surface area contributed by atoms with Crippen LogP contribution in [0.2, 0.25) is 0 Å². The van der Waals surface area contributed by atoms with Crippen molar-refractivity contribution in [2.75, 3.05) is 26.8 Å². The molecule has 1 aliphatic heterocycles. The normalized spacial score (nSPS) is 17.6. The summed E-state index contributed by atoms with van der Waals surface area (Å²) in [6, 6.07) is 7.78. The maximum atomic E-state index is 8.84. The van der Waals surface area contributed by atoms with E-state index in [-0.39, 0.29) is 5.84 Å². The highest BCUT2D eigenvalue weighted by molar-refractivity contribution is 5.98. The lowest BCUT2D eigenvalue weighted by Gasteiger charge is -2.27. The Kier molecular flexibility index (Phi) is 5.38. The van der Waals surface area contributed by atoms with E-state index in [1.165, 1.54) is 0 Å². The molecule has 1 saturated heterocycles. The molecule has 0 amide bonds. The van der Waals surface area contributed by atoms with Crippen molar-refractivity contribution in [3.05, 3.63) is 35.4 Å². The first-order chi connectivity index (χ1) is 9.70. The van der Waals surface area contributed by atoms with E-state index in [0.717, 1.165) is 50.3 Å². The van der Waals surface area contributed by atoms with Gasteiger partial charge in [0.15, 0.2) is 5.84 Å². The second-order valence-electron chi connectivity index (χ2n) is 5.39. The molecule has 0 bridgehead atoms. The van der Waals surface area contributed by atoms with Gasteiger partial charge in [0.2, 0.25) is 0 Å². The van der Waals surface area contributed by atoms with Gasteiger partial charge in [-0.05, 0) is 31.4 Å². The number of nitrogens with zero attached hydrogens (tertiary/aromatic N) is 2. The van der Waals surface area contributed by atoms with E-state index >= 15 is 0 Å². The summed E-state index contributed by atoms with van der Waals surface area (Å²) in [5, 5.41) is 11.9. The maximum absolute atomic E-state index is 8.84. The average molecular weight is 277 g/mol. The van der Waals surface area contributed by atoms with Crippen molar-refractivity contribution in [2.45, 2.75) is 19.4 Å². The van der Waals surface area contributed by atoms with Gasteiger partial charge in [-0.3, -0.25) is 0 Å². The van der Waals surface area contributed by atoms with E-state index in [0.29, 0.717) is 5.92 Å². The van der Waals surface area contributed by atoms with Gasteiger partial charge < -0.3 is 20.6 Å². The Morgan fingerprint density at radius 3 is 2.80 bits per heavy atom. The molecule has 2 rings (SSSR count). The van der Waals surface area contributed by atoms with Crippen molar-refractivity contribution in [3.8, 4) is 0 Å². The molecule has 5 heteroatoms. The van der Waals surface area contributed by atoms with Gasteiger partial charge in [-0.1, -0.05) is 29.4 Å². The first-order valence-electron chi connectivity index (χ1n) is 7.02. The Labute approximate surface area is 120 Å². The molecule has 0 aromatic heterocycles. The van der Waals surface area contributed by atoms with E-state index in [1.54, 1.807) is 0 Å². The van der Waals surface area contributed by atoms with E-state index in [2.05, 4.69) is 17.1 Å². The van der Waals surface area contributed by atoms with E-state index in [4.69, 9.17) is 15.7 Å². The Morgan fingerprint density at radius 2 is 2.10 bits per heavy atom. The number of amidine groups is 1. The van der Waals surface area contributed by atoms with Crippen LogP contribution in [0.5, 0.6) is 0 Å². The van der Waals surface area contributed by atoms with E-state index < -0.39 is 0 Å². The molecule has 1 aliphatic rings. The topological polar surface area (TPSA) is 71.1 Å². The monoisotopic (exact) mass is 277 g/mol. The number of benzene rings is 1. The molecule has 110 valence electrons. The van der Waals surface area contributed by atoms with Crippen LogP contribution in [0.4, 0.5) is 0 Å². The molecular weight excluding hydrogens is 254 g/mol. The predicted octanol–water partition coefficient (Wildman–Crippen LogP) is 1.64. The summed E-state index contributed by atoms with van der Waals surface area (Å²) in [6.45, 7) is 3.59. The van der Waals surface area contributed by atoms with Gasteiger partial charge in [-0.15, -0.1) is 0 Å². The highest BCUT2D eigenvalue weighted by Crippen LogP contribution is 2.17. The number of rotatable bonds is 5. The van der Waals surface area contributed by atoms with Crippen LogP contribution in [0.15, 0.2) is 29.4 Å². The maximum Gasteiger partial charge on any atom is 0.170 e. The molecule has 0 unspecified atom stereocenters. The van der Waals surface area contributed by atoms with Crippen LogP contribution in [0.1, 0.15) is 24.0 Å². The van der Waals surface area contributed by atoms with Crippen molar-refractivity contribution >= 4 is 5.84 Å². The summed E-state index contributed by atoms with van der Waals surface area (Å²) in [5.41, 5.74) is 7.60. The van der Waals surface area contributed by atoms with Gasteiger partial charge in [-0.2, -0.15) is 0 Å². The number of nitrogens with two attached hydrogens (primary N) is 1. The van der Waals surface area contributed by atoms with Crippen LogP contribution < -0.4 is 5.73 Å². The fourth-order valence-corrected chi connectivity index (χ4v) is 2.69. The summed E-state index contributed by atoms with van der Waals surface area (Å²) in [7, 11) is 2.11. The van der Waals surface area contributed by atoms with E-state index in [9.17, 15) is 0 Å². The van der Waals surface area contributed by atoms with Crippen molar-refractivity contribution in [2.24, 2.45) is 16.8 Å². The zero-order valence-corrected chi connectivity index (χ0v) is 12.0. The largest absolute Gasteiger partial charge is 0.409 e. The molecule has 0 aliphatic carbocycles. The standard InChI is InChI=1S/C15H23N3O2/c1-18(10-12-6-8-20-9-7-12)11-13-4-2-3-5-14(13)15(16)17-19/h2-5,12,19H,6-11H2,1H3,(H2,16,17). The van der Waals surface area contributed by atoms with Gasteiger partial charge in [0.1, 0.15) is 0 Å². The Hall–Kier alpha value is -1.59. The molecule has 5 nitrogen and oxygen atoms in total. The van der Waals surface area contributed by atoms with Crippen molar-refractivity contribution in [3.63, 3.8) is 0 Å². The number of oxime groups is 1. The number of hydrogen-bond acceptors (Lipinski definition) is 4. The summed E-state index contributed by atoms with van der Waals surface area (Å²) >= 11 is 0. The molecule has 1 heterocycles. The van der Waals surface area contributed by atoms with Gasteiger partial charge >= 0.3 is 0 Å². The molecule has 1 aromatic carbocycles. The second kappa shape index (κ2) is 7.26. The zero-order valence-electron chi connectivity index (χ0n) is 12.0. The van der Waals surface area contributed by atoms with E-state index in [1.807, 2.05) is 24.3 Å². The second-order valence-corrected chi connectivity index (χ2v) is 5.39. The smallest absolute Gasteiger partial charge is 0.170 e. The predicted molar refractivity (Wildman–Crippen MR) is 78.8 cm³/mol. The molecule has 0 spiro atoms. The molecule has 1 aromatic rings. The third kappa shape index (κ3) is 3.95. The van der Waals surface area contributed by atoms with Crippen LogP contribution in [0.3, 0.4) is 0 Å².